The fourth-order valence-electron chi connectivity index (χ4n) is 3.07. The van der Waals surface area contributed by atoms with Crippen molar-refractivity contribution in [2.24, 2.45) is 0 Å². The number of anilines is 1. The van der Waals surface area contributed by atoms with E-state index in [1.54, 1.807) is 18.4 Å². The topological polar surface area (TPSA) is 80.0 Å². The number of carbonyl (C=O) groups is 1. The zero-order valence-corrected chi connectivity index (χ0v) is 16.6. The van der Waals surface area contributed by atoms with Gasteiger partial charge in [0, 0.05) is 17.7 Å². The molecule has 1 unspecified atom stereocenters. The van der Waals surface area contributed by atoms with Crippen molar-refractivity contribution in [1.29, 1.82) is 0 Å². The Balaban J connectivity index is 1.61. The Morgan fingerprint density at radius 3 is 2.40 bits per heavy atom. The SMILES string of the molecule is CC(Nc1cc(C(=O)NCc2ccco2)nc(-c2ccccc2)n1)c1ccccc1. The zero-order valence-electron chi connectivity index (χ0n) is 16.6. The molecule has 2 N–H and O–H groups in total. The Labute approximate surface area is 175 Å². The number of nitrogens with one attached hydrogen (secondary N) is 2. The molecule has 0 saturated carbocycles. The Hall–Kier alpha value is -3.93. The molecule has 150 valence electrons. The van der Waals surface area contributed by atoms with E-state index in [2.05, 4.69) is 27.5 Å². The standard InChI is InChI=1S/C24H22N4O2/c1-17(18-9-4-2-5-10-18)26-22-15-21(24(29)25-16-20-13-8-14-30-20)27-23(28-22)19-11-6-3-7-12-19/h2-15,17H,16H2,1H3,(H,25,29)(H,26,27,28). The summed E-state index contributed by atoms with van der Waals surface area (Å²) in [5, 5.41) is 6.23. The molecule has 2 aromatic carbocycles. The fourth-order valence-corrected chi connectivity index (χ4v) is 3.07. The Morgan fingerprint density at radius 2 is 1.70 bits per heavy atom. The molecule has 0 bridgehead atoms. The third-order valence-corrected chi connectivity index (χ3v) is 4.66. The average Bonchev–Trinajstić information content (AvgIpc) is 3.32. The summed E-state index contributed by atoms with van der Waals surface area (Å²) in [7, 11) is 0. The molecule has 2 heterocycles. The molecule has 4 rings (SSSR count). The van der Waals surface area contributed by atoms with Crippen molar-refractivity contribution >= 4 is 11.7 Å². The molecule has 0 saturated heterocycles. The van der Waals surface area contributed by atoms with E-state index in [0.717, 1.165) is 11.1 Å². The van der Waals surface area contributed by atoms with Crippen LogP contribution in [-0.4, -0.2) is 15.9 Å². The molecule has 1 atom stereocenters. The maximum atomic E-state index is 12.8. The molecule has 1 amide bonds. The predicted octanol–water partition coefficient (Wildman–Crippen LogP) is 4.84. The van der Waals surface area contributed by atoms with E-state index < -0.39 is 0 Å². The summed E-state index contributed by atoms with van der Waals surface area (Å²) >= 11 is 0. The van der Waals surface area contributed by atoms with Crippen LogP contribution in [0.2, 0.25) is 0 Å². The van der Waals surface area contributed by atoms with Gasteiger partial charge in [0.05, 0.1) is 12.8 Å². The summed E-state index contributed by atoms with van der Waals surface area (Å²) in [6.07, 6.45) is 1.58. The smallest absolute Gasteiger partial charge is 0.270 e. The van der Waals surface area contributed by atoms with Crippen molar-refractivity contribution < 1.29 is 9.21 Å². The number of rotatable bonds is 7. The number of hydrogen-bond donors (Lipinski definition) is 2. The lowest BCUT2D eigenvalue weighted by molar-refractivity contribution is 0.0943. The predicted molar refractivity (Wildman–Crippen MR) is 116 cm³/mol. The second kappa shape index (κ2) is 9.05. The number of aromatic nitrogens is 2. The highest BCUT2D eigenvalue weighted by Gasteiger charge is 2.15. The lowest BCUT2D eigenvalue weighted by Crippen LogP contribution is -2.24. The van der Waals surface area contributed by atoms with Crippen LogP contribution in [-0.2, 0) is 6.54 Å². The van der Waals surface area contributed by atoms with Gasteiger partial charge in [-0.15, -0.1) is 0 Å². The van der Waals surface area contributed by atoms with Gasteiger partial charge in [0.15, 0.2) is 5.82 Å². The third kappa shape index (κ3) is 4.72. The normalized spacial score (nSPS) is 11.6. The van der Waals surface area contributed by atoms with E-state index >= 15 is 0 Å². The summed E-state index contributed by atoms with van der Waals surface area (Å²) in [4.78, 5) is 21.9. The highest BCUT2D eigenvalue weighted by Crippen LogP contribution is 2.22. The van der Waals surface area contributed by atoms with Crippen molar-refractivity contribution in [3.63, 3.8) is 0 Å². The van der Waals surface area contributed by atoms with E-state index in [9.17, 15) is 4.79 Å². The molecule has 6 nitrogen and oxygen atoms in total. The van der Waals surface area contributed by atoms with Gasteiger partial charge in [-0.2, -0.15) is 0 Å². The summed E-state index contributed by atoms with van der Waals surface area (Å²) < 4.78 is 5.28. The van der Waals surface area contributed by atoms with Crippen molar-refractivity contribution in [1.82, 2.24) is 15.3 Å². The van der Waals surface area contributed by atoms with Gasteiger partial charge in [-0.1, -0.05) is 60.7 Å². The van der Waals surface area contributed by atoms with Crippen LogP contribution in [0, 0.1) is 0 Å². The van der Waals surface area contributed by atoms with Gasteiger partial charge in [0.25, 0.3) is 5.91 Å². The van der Waals surface area contributed by atoms with Gasteiger partial charge >= 0.3 is 0 Å². The van der Waals surface area contributed by atoms with Crippen molar-refractivity contribution in [2.45, 2.75) is 19.5 Å². The molecule has 0 aliphatic carbocycles. The largest absolute Gasteiger partial charge is 0.467 e. The van der Waals surface area contributed by atoms with Crippen molar-refractivity contribution in [3.8, 4) is 11.4 Å². The highest BCUT2D eigenvalue weighted by molar-refractivity contribution is 5.93. The molecule has 2 aromatic heterocycles. The average molecular weight is 398 g/mol. The molecule has 0 aliphatic rings. The minimum Gasteiger partial charge on any atom is -0.467 e. The monoisotopic (exact) mass is 398 g/mol. The maximum absolute atomic E-state index is 12.8. The van der Waals surface area contributed by atoms with Crippen LogP contribution >= 0.6 is 0 Å². The molecule has 0 fully saturated rings. The van der Waals surface area contributed by atoms with Gasteiger partial charge in [-0.25, -0.2) is 9.97 Å². The molecule has 0 spiro atoms. The first-order valence-electron chi connectivity index (χ1n) is 9.75. The minimum absolute atomic E-state index is 0.0174. The van der Waals surface area contributed by atoms with Gasteiger partial charge in [0.1, 0.15) is 17.3 Å². The zero-order chi connectivity index (χ0) is 20.8. The first-order chi connectivity index (χ1) is 14.7. The van der Waals surface area contributed by atoms with Gasteiger partial charge in [-0.3, -0.25) is 4.79 Å². The molecule has 0 aliphatic heterocycles. The van der Waals surface area contributed by atoms with Crippen LogP contribution in [0.3, 0.4) is 0 Å². The first kappa shape index (κ1) is 19.4. The van der Waals surface area contributed by atoms with E-state index in [-0.39, 0.29) is 17.6 Å². The van der Waals surface area contributed by atoms with Gasteiger partial charge < -0.3 is 15.1 Å². The number of furan rings is 1. The number of hydrogen-bond acceptors (Lipinski definition) is 5. The number of nitrogens with zero attached hydrogens (tertiary/aromatic N) is 2. The summed E-state index contributed by atoms with van der Waals surface area (Å²) in [6.45, 7) is 2.34. The van der Waals surface area contributed by atoms with Gasteiger partial charge in [0.2, 0.25) is 0 Å². The highest BCUT2D eigenvalue weighted by atomic mass is 16.3. The second-order valence-electron chi connectivity index (χ2n) is 6.87. The second-order valence-corrected chi connectivity index (χ2v) is 6.87. The van der Waals surface area contributed by atoms with Crippen LogP contribution < -0.4 is 10.6 Å². The Kier molecular flexibility index (Phi) is 5.85. The van der Waals surface area contributed by atoms with Gasteiger partial charge in [-0.05, 0) is 24.6 Å². The quantitative estimate of drug-likeness (QED) is 0.466. The van der Waals surface area contributed by atoms with Crippen LogP contribution in [0.4, 0.5) is 5.82 Å². The summed E-state index contributed by atoms with van der Waals surface area (Å²) in [5.41, 5.74) is 2.26. The lowest BCUT2D eigenvalue weighted by Gasteiger charge is -2.16. The minimum atomic E-state index is -0.290. The van der Waals surface area contributed by atoms with Crippen LogP contribution in [0.25, 0.3) is 11.4 Å². The molecule has 6 heteroatoms. The fraction of sp³-hybridized carbons (Fsp3) is 0.125. The molecule has 4 aromatic rings. The summed E-state index contributed by atoms with van der Waals surface area (Å²) in [5.74, 6) is 1.46. The van der Waals surface area contributed by atoms with Crippen molar-refractivity contribution in [2.75, 3.05) is 5.32 Å². The molecular weight excluding hydrogens is 376 g/mol. The molecule has 30 heavy (non-hydrogen) atoms. The van der Waals surface area contributed by atoms with Crippen molar-refractivity contribution in [3.05, 3.63) is 102 Å². The Morgan fingerprint density at radius 1 is 0.967 bits per heavy atom. The lowest BCUT2D eigenvalue weighted by atomic mass is 10.1. The summed E-state index contributed by atoms with van der Waals surface area (Å²) in [6, 6.07) is 25.0. The number of benzene rings is 2. The maximum Gasteiger partial charge on any atom is 0.270 e. The van der Waals surface area contributed by atoms with Crippen LogP contribution in [0.15, 0.2) is 89.5 Å². The van der Waals surface area contributed by atoms with E-state index in [1.807, 2.05) is 66.7 Å². The van der Waals surface area contributed by atoms with Crippen LogP contribution in [0.5, 0.6) is 0 Å². The Bertz CT molecular complexity index is 1100. The van der Waals surface area contributed by atoms with E-state index in [4.69, 9.17) is 4.42 Å². The molecular formula is C24H22N4O2. The van der Waals surface area contributed by atoms with E-state index in [0.29, 0.717) is 23.9 Å². The molecule has 0 radical (unpaired) electrons. The van der Waals surface area contributed by atoms with E-state index in [1.165, 1.54) is 0 Å². The number of amides is 1. The van der Waals surface area contributed by atoms with Crippen LogP contribution in [0.1, 0.15) is 34.8 Å². The third-order valence-electron chi connectivity index (χ3n) is 4.66. The number of carbonyl (C=O) groups excluding carboxylic acids is 1. The first-order valence-corrected chi connectivity index (χ1v) is 9.75.